The maximum absolute atomic E-state index is 13.2. The Labute approximate surface area is 125 Å². The number of carbonyl (C=O) groups excluding carboxylic acids is 2. The molecule has 0 atom stereocenters. The van der Waals surface area contributed by atoms with Crippen LogP contribution in [0.25, 0.3) is 0 Å². The summed E-state index contributed by atoms with van der Waals surface area (Å²) in [6.07, 6.45) is 0.837. The second-order valence-electron chi connectivity index (χ2n) is 4.81. The number of benzene rings is 1. The van der Waals surface area contributed by atoms with Gasteiger partial charge in [0.15, 0.2) is 0 Å². The summed E-state index contributed by atoms with van der Waals surface area (Å²) < 4.78 is 13.5. The SMILES string of the molecule is CCCN1CC(=O)N(Cc2ccc(F)c(Br)c2)CC1=O. The topological polar surface area (TPSA) is 40.6 Å². The maximum atomic E-state index is 13.2. The molecule has 0 saturated carbocycles. The lowest BCUT2D eigenvalue weighted by molar-refractivity contribution is -0.150. The highest BCUT2D eigenvalue weighted by atomic mass is 79.9. The van der Waals surface area contributed by atoms with E-state index in [0.29, 0.717) is 17.6 Å². The van der Waals surface area contributed by atoms with Crippen LogP contribution >= 0.6 is 15.9 Å². The smallest absolute Gasteiger partial charge is 0.242 e. The zero-order valence-electron chi connectivity index (χ0n) is 11.2. The van der Waals surface area contributed by atoms with Crippen LogP contribution in [-0.4, -0.2) is 41.2 Å². The molecule has 108 valence electrons. The minimum atomic E-state index is -0.344. The van der Waals surface area contributed by atoms with Crippen LogP contribution in [0.5, 0.6) is 0 Å². The molecular weight excluding hydrogens is 327 g/mol. The molecule has 2 rings (SSSR count). The zero-order valence-corrected chi connectivity index (χ0v) is 12.8. The zero-order chi connectivity index (χ0) is 14.7. The second kappa shape index (κ2) is 6.35. The van der Waals surface area contributed by atoms with Crippen molar-refractivity contribution < 1.29 is 14.0 Å². The van der Waals surface area contributed by atoms with Crippen molar-refractivity contribution in [3.63, 3.8) is 0 Å². The van der Waals surface area contributed by atoms with Gasteiger partial charge in [0.1, 0.15) is 12.4 Å². The molecule has 4 nitrogen and oxygen atoms in total. The van der Waals surface area contributed by atoms with Crippen molar-refractivity contribution in [3.8, 4) is 0 Å². The Kier molecular flexibility index (Phi) is 4.75. The van der Waals surface area contributed by atoms with Gasteiger partial charge in [-0.2, -0.15) is 0 Å². The lowest BCUT2D eigenvalue weighted by atomic mass is 10.2. The Morgan fingerprint density at radius 2 is 1.85 bits per heavy atom. The van der Waals surface area contributed by atoms with Crippen LogP contribution in [0.2, 0.25) is 0 Å². The van der Waals surface area contributed by atoms with Crippen molar-refractivity contribution >= 4 is 27.7 Å². The first-order valence-corrected chi connectivity index (χ1v) is 7.30. The third-order valence-corrected chi connectivity index (χ3v) is 3.82. The van der Waals surface area contributed by atoms with Crippen molar-refractivity contribution in [1.82, 2.24) is 9.80 Å². The van der Waals surface area contributed by atoms with E-state index >= 15 is 0 Å². The molecule has 2 amide bonds. The number of hydrogen-bond donors (Lipinski definition) is 0. The lowest BCUT2D eigenvalue weighted by Gasteiger charge is -2.33. The van der Waals surface area contributed by atoms with E-state index in [0.717, 1.165) is 12.0 Å². The van der Waals surface area contributed by atoms with Crippen LogP contribution in [0.1, 0.15) is 18.9 Å². The fraction of sp³-hybridized carbons (Fsp3) is 0.429. The molecule has 6 heteroatoms. The number of nitrogens with zero attached hydrogens (tertiary/aromatic N) is 2. The number of hydrogen-bond acceptors (Lipinski definition) is 2. The van der Waals surface area contributed by atoms with Crippen LogP contribution < -0.4 is 0 Å². The van der Waals surface area contributed by atoms with Gasteiger partial charge in [-0.25, -0.2) is 4.39 Å². The van der Waals surface area contributed by atoms with Crippen molar-refractivity contribution in [3.05, 3.63) is 34.1 Å². The average molecular weight is 343 g/mol. The summed E-state index contributed by atoms with van der Waals surface area (Å²) in [7, 11) is 0. The van der Waals surface area contributed by atoms with Crippen LogP contribution in [0.3, 0.4) is 0 Å². The molecule has 1 aromatic carbocycles. The van der Waals surface area contributed by atoms with Crippen LogP contribution in [0, 0.1) is 5.82 Å². The van der Waals surface area contributed by atoms with Crippen molar-refractivity contribution in [1.29, 1.82) is 0 Å². The largest absolute Gasteiger partial charge is 0.332 e. The van der Waals surface area contributed by atoms with E-state index in [9.17, 15) is 14.0 Å². The second-order valence-corrected chi connectivity index (χ2v) is 5.67. The van der Waals surface area contributed by atoms with Gasteiger partial charge in [-0.3, -0.25) is 9.59 Å². The molecule has 0 spiro atoms. The van der Waals surface area contributed by atoms with Gasteiger partial charge in [-0.05, 0) is 40.0 Å². The van der Waals surface area contributed by atoms with Gasteiger partial charge < -0.3 is 9.80 Å². The minimum absolute atomic E-state index is 0.0346. The molecule has 0 N–H and O–H groups in total. The molecule has 0 bridgehead atoms. The monoisotopic (exact) mass is 342 g/mol. The Hall–Kier alpha value is -1.43. The van der Waals surface area contributed by atoms with Crippen molar-refractivity contribution in [2.45, 2.75) is 19.9 Å². The highest BCUT2D eigenvalue weighted by molar-refractivity contribution is 9.10. The van der Waals surface area contributed by atoms with E-state index in [-0.39, 0.29) is 30.7 Å². The molecule has 20 heavy (non-hydrogen) atoms. The first-order chi connectivity index (χ1) is 9.51. The van der Waals surface area contributed by atoms with E-state index in [4.69, 9.17) is 0 Å². The summed E-state index contributed by atoms with van der Waals surface area (Å²) in [4.78, 5) is 27.0. The molecule has 0 radical (unpaired) electrons. The van der Waals surface area contributed by atoms with E-state index in [1.807, 2.05) is 6.92 Å². The summed E-state index contributed by atoms with van der Waals surface area (Å²) in [6.45, 7) is 3.13. The fourth-order valence-corrected chi connectivity index (χ4v) is 2.61. The Bertz CT molecular complexity index is 536. The number of halogens is 2. The van der Waals surface area contributed by atoms with Crippen molar-refractivity contribution in [2.75, 3.05) is 19.6 Å². The summed E-state index contributed by atoms with van der Waals surface area (Å²) in [5, 5.41) is 0. The lowest BCUT2D eigenvalue weighted by Crippen LogP contribution is -2.53. The molecule has 1 saturated heterocycles. The predicted octanol–water partition coefficient (Wildman–Crippen LogP) is 2.17. The van der Waals surface area contributed by atoms with Gasteiger partial charge in [0.25, 0.3) is 0 Å². The molecule has 0 unspecified atom stereocenters. The van der Waals surface area contributed by atoms with E-state index in [1.165, 1.54) is 11.0 Å². The molecule has 1 aliphatic heterocycles. The Morgan fingerprint density at radius 1 is 1.20 bits per heavy atom. The van der Waals surface area contributed by atoms with Gasteiger partial charge >= 0.3 is 0 Å². The molecule has 1 heterocycles. The van der Waals surface area contributed by atoms with Crippen LogP contribution in [0.4, 0.5) is 4.39 Å². The predicted molar refractivity (Wildman–Crippen MR) is 76.4 cm³/mol. The third kappa shape index (κ3) is 3.36. The normalized spacial score (nSPS) is 15.9. The van der Waals surface area contributed by atoms with Gasteiger partial charge in [0.2, 0.25) is 11.8 Å². The van der Waals surface area contributed by atoms with Crippen LogP contribution in [-0.2, 0) is 16.1 Å². The van der Waals surface area contributed by atoms with Crippen LogP contribution in [0.15, 0.2) is 22.7 Å². The molecule has 1 aliphatic rings. The number of amides is 2. The quantitative estimate of drug-likeness (QED) is 0.841. The van der Waals surface area contributed by atoms with Gasteiger partial charge in [0.05, 0.1) is 11.0 Å². The Morgan fingerprint density at radius 3 is 2.50 bits per heavy atom. The highest BCUT2D eigenvalue weighted by Gasteiger charge is 2.29. The maximum Gasteiger partial charge on any atom is 0.242 e. The molecule has 0 aliphatic carbocycles. The standard InChI is InChI=1S/C14H16BrFN2O2/c1-2-5-17-8-14(20)18(9-13(17)19)7-10-3-4-12(16)11(15)6-10/h3-4,6H,2,5,7-9H2,1H3. The average Bonchev–Trinajstić information content (AvgIpc) is 2.40. The molecule has 0 aromatic heterocycles. The minimum Gasteiger partial charge on any atom is -0.332 e. The summed E-state index contributed by atoms with van der Waals surface area (Å²) in [5.74, 6) is -0.449. The van der Waals surface area contributed by atoms with E-state index in [1.54, 1.807) is 17.0 Å². The number of carbonyl (C=O) groups is 2. The first kappa shape index (κ1) is 15.0. The molecule has 1 fully saturated rings. The van der Waals surface area contributed by atoms with Gasteiger partial charge in [-0.1, -0.05) is 13.0 Å². The summed E-state index contributed by atoms with van der Waals surface area (Å²) in [5.41, 5.74) is 0.795. The number of piperazine rings is 1. The van der Waals surface area contributed by atoms with Gasteiger partial charge in [-0.15, -0.1) is 0 Å². The van der Waals surface area contributed by atoms with E-state index < -0.39 is 0 Å². The van der Waals surface area contributed by atoms with Crippen molar-refractivity contribution in [2.24, 2.45) is 0 Å². The fourth-order valence-electron chi connectivity index (χ4n) is 2.18. The third-order valence-electron chi connectivity index (χ3n) is 3.21. The summed E-state index contributed by atoms with van der Waals surface area (Å²) >= 11 is 3.11. The highest BCUT2D eigenvalue weighted by Crippen LogP contribution is 2.19. The van der Waals surface area contributed by atoms with Gasteiger partial charge in [0, 0.05) is 13.1 Å². The number of rotatable bonds is 4. The molecular formula is C14H16BrFN2O2. The molecule has 1 aromatic rings. The van der Waals surface area contributed by atoms with E-state index in [2.05, 4.69) is 15.9 Å². The summed E-state index contributed by atoms with van der Waals surface area (Å²) in [6, 6.07) is 4.60. The first-order valence-electron chi connectivity index (χ1n) is 6.50. The Balaban J connectivity index is 2.05.